The van der Waals surface area contributed by atoms with Crippen LogP contribution < -0.4 is 0 Å². The van der Waals surface area contributed by atoms with Crippen molar-refractivity contribution in [2.45, 2.75) is 18.8 Å². The topological polar surface area (TPSA) is 20.3 Å². The van der Waals surface area contributed by atoms with Gasteiger partial charge >= 0.3 is 0 Å². The normalized spacial score (nSPS) is 27.6. The van der Waals surface area contributed by atoms with Crippen molar-refractivity contribution in [1.29, 1.82) is 0 Å². The summed E-state index contributed by atoms with van der Waals surface area (Å²) in [6, 6.07) is 8.28. The third kappa shape index (κ3) is 1.88. The molecule has 1 amide bonds. The molecule has 1 saturated carbocycles. The van der Waals surface area contributed by atoms with Gasteiger partial charge in [0, 0.05) is 29.9 Å². The van der Waals surface area contributed by atoms with E-state index in [2.05, 4.69) is 35.0 Å². The second-order valence-corrected chi connectivity index (χ2v) is 5.83. The minimum atomic E-state index is 0.0437. The summed E-state index contributed by atoms with van der Waals surface area (Å²) in [7, 11) is 3.64. The van der Waals surface area contributed by atoms with Crippen LogP contribution >= 0.6 is 15.9 Å². The Morgan fingerprint density at radius 3 is 2.44 bits per heavy atom. The molecule has 2 atom stereocenters. The SMILES string of the molecule is CN(C)C(=O)[C@H]1C[C@]1(C)c1ccc(Br)cc1. The van der Waals surface area contributed by atoms with Crippen molar-refractivity contribution < 1.29 is 4.79 Å². The number of benzene rings is 1. The van der Waals surface area contributed by atoms with E-state index in [1.807, 2.05) is 26.2 Å². The van der Waals surface area contributed by atoms with Crippen LogP contribution in [0.15, 0.2) is 28.7 Å². The van der Waals surface area contributed by atoms with Gasteiger partial charge in [0.1, 0.15) is 0 Å². The molecule has 1 aromatic rings. The largest absolute Gasteiger partial charge is 0.349 e. The average molecular weight is 282 g/mol. The molecule has 0 aliphatic heterocycles. The quantitative estimate of drug-likeness (QED) is 0.816. The molecule has 1 aliphatic rings. The lowest BCUT2D eigenvalue weighted by atomic mass is 9.95. The molecule has 0 unspecified atom stereocenters. The van der Waals surface area contributed by atoms with Gasteiger partial charge in [0.15, 0.2) is 0 Å². The molecule has 0 bridgehead atoms. The molecule has 1 aromatic carbocycles. The lowest BCUT2D eigenvalue weighted by Gasteiger charge is -2.15. The third-order valence-electron chi connectivity index (χ3n) is 3.48. The highest BCUT2D eigenvalue weighted by Gasteiger charge is 2.55. The van der Waals surface area contributed by atoms with E-state index in [0.29, 0.717) is 0 Å². The molecule has 0 spiro atoms. The number of hydrogen-bond acceptors (Lipinski definition) is 1. The van der Waals surface area contributed by atoms with Gasteiger partial charge in [-0.2, -0.15) is 0 Å². The first-order valence-electron chi connectivity index (χ1n) is 5.42. The van der Waals surface area contributed by atoms with E-state index >= 15 is 0 Å². The van der Waals surface area contributed by atoms with E-state index in [0.717, 1.165) is 10.9 Å². The summed E-state index contributed by atoms with van der Waals surface area (Å²) in [5.41, 5.74) is 1.30. The number of nitrogens with zero attached hydrogens (tertiary/aromatic N) is 1. The molecule has 1 fully saturated rings. The van der Waals surface area contributed by atoms with E-state index in [4.69, 9.17) is 0 Å². The summed E-state index contributed by atoms with van der Waals surface area (Å²) in [4.78, 5) is 13.6. The first-order chi connectivity index (χ1) is 7.45. The van der Waals surface area contributed by atoms with Crippen LogP contribution in [0.3, 0.4) is 0 Å². The first kappa shape index (κ1) is 11.6. The minimum Gasteiger partial charge on any atom is -0.349 e. The summed E-state index contributed by atoms with van der Waals surface area (Å²) in [5, 5.41) is 0. The monoisotopic (exact) mass is 281 g/mol. The molecule has 1 aliphatic carbocycles. The average Bonchev–Trinajstić information content (AvgIpc) is 2.91. The molecule has 0 radical (unpaired) electrons. The molecular formula is C13H16BrNO. The Morgan fingerprint density at radius 1 is 1.38 bits per heavy atom. The van der Waals surface area contributed by atoms with Crippen molar-refractivity contribution in [3.05, 3.63) is 34.3 Å². The highest BCUT2D eigenvalue weighted by Crippen LogP contribution is 2.54. The lowest BCUT2D eigenvalue weighted by molar-refractivity contribution is -0.130. The van der Waals surface area contributed by atoms with Crippen LogP contribution in [-0.4, -0.2) is 24.9 Å². The zero-order valence-corrected chi connectivity index (χ0v) is 11.4. The molecule has 0 saturated heterocycles. The summed E-state index contributed by atoms with van der Waals surface area (Å²) < 4.78 is 1.08. The van der Waals surface area contributed by atoms with E-state index in [-0.39, 0.29) is 17.2 Å². The molecule has 3 heteroatoms. The van der Waals surface area contributed by atoms with E-state index < -0.39 is 0 Å². The van der Waals surface area contributed by atoms with Crippen molar-refractivity contribution in [2.75, 3.05) is 14.1 Å². The number of halogens is 1. The number of amides is 1. The highest BCUT2D eigenvalue weighted by atomic mass is 79.9. The Labute approximate surface area is 105 Å². The second kappa shape index (κ2) is 3.88. The fourth-order valence-corrected chi connectivity index (χ4v) is 2.45. The smallest absolute Gasteiger partial charge is 0.226 e. The predicted molar refractivity (Wildman–Crippen MR) is 68.3 cm³/mol. The molecule has 16 heavy (non-hydrogen) atoms. The second-order valence-electron chi connectivity index (χ2n) is 4.91. The Kier molecular flexibility index (Phi) is 2.82. The van der Waals surface area contributed by atoms with Crippen molar-refractivity contribution in [1.82, 2.24) is 4.90 Å². The van der Waals surface area contributed by atoms with Crippen molar-refractivity contribution in [3.8, 4) is 0 Å². The lowest BCUT2D eigenvalue weighted by Crippen LogP contribution is -2.26. The molecule has 2 nitrogen and oxygen atoms in total. The van der Waals surface area contributed by atoms with Crippen LogP contribution in [0.4, 0.5) is 0 Å². The summed E-state index contributed by atoms with van der Waals surface area (Å²) in [6.07, 6.45) is 0.964. The summed E-state index contributed by atoms with van der Waals surface area (Å²) >= 11 is 3.42. The van der Waals surface area contributed by atoms with Crippen LogP contribution in [-0.2, 0) is 10.2 Å². The number of carbonyl (C=O) groups is 1. The van der Waals surface area contributed by atoms with Crippen LogP contribution in [0.2, 0.25) is 0 Å². The summed E-state index contributed by atoms with van der Waals surface area (Å²) in [5.74, 6) is 0.397. The van der Waals surface area contributed by atoms with E-state index in [1.54, 1.807) is 4.90 Å². The molecule has 86 valence electrons. The van der Waals surface area contributed by atoms with Gasteiger partial charge in [-0.05, 0) is 24.1 Å². The van der Waals surface area contributed by atoms with Gasteiger partial charge in [0.05, 0.1) is 0 Å². The van der Waals surface area contributed by atoms with Gasteiger partial charge in [-0.1, -0.05) is 35.0 Å². The summed E-state index contributed by atoms with van der Waals surface area (Å²) in [6.45, 7) is 2.17. The van der Waals surface area contributed by atoms with Crippen LogP contribution in [0.5, 0.6) is 0 Å². The number of carbonyl (C=O) groups excluding carboxylic acids is 1. The molecule has 0 aromatic heterocycles. The zero-order chi connectivity index (χ0) is 11.9. The van der Waals surface area contributed by atoms with Crippen molar-refractivity contribution in [3.63, 3.8) is 0 Å². The van der Waals surface area contributed by atoms with E-state index in [9.17, 15) is 4.79 Å². The third-order valence-corrected chi connectivity index (χ3v) is 4.01. The van der Waals surface area contributed by atoms with E-state index in [1.165, 1.54) is 5.56 Å². The fraction of sp³-hybridized carbons (Fsp3) is 0.462. The first-order valence-corrected chi connectivity index (χ1v) is 6.21. The zero-order valence-electron chi connectivity index (χ0n) is 9.83. The maximum absolute atomic E-state index is 11.9. The van der Waals surface area contributed by atoms with Crippen LogP contribution in [0.25, 0.3) is 0 Å². The van der Waals surface area contributed by atoms with Gasteiger partial charge in [-0.15, -0.1) is 0 Å². The van der Waals surface area contributed by atoms with Gasteiger partial charge in [0.2, 0.25) is 5.91 Å². The fourth-order valence-electron chi connectivity index (χ4n) is 2.19. The van der Waals surface area contributed by atoms with Crippen molar-refractivity contribution >= 4 is 21.8 Å². The standard InChI is InChI=1S/C13H16BrNO/c1-13(8-11(13)12(16)15(2)3)9-4-6-10(14)7-5-9/h4-7,11H,8H2,1-3H3/t11-,13-/m1/s1. The number of rotatable bonds is 2. The van der Waals surface area contributed by atoms with Gasteiger partial charge in [0.25, 0.3) is 0 Å². The van der Waals surface area contributed by atoms with Gasteiger partial charge in [-0.25, -0.2) is 0 Å². The Bertz CT molecular complexity index is 412. The number of hydrogen-bond donors (Lipinski definition) is 0. The Hall–Kier alpha value is -0.830. The molecule has 0 N–H and O–H groups in total. The maximum Gasteiger partial charge on any atom is 0.226 e. The highest BCUT2D eigenvalue weighted by molar-refractivity contribution is 9.10. The van der Waals surface area contributed by atoms with Crippen LogP contribution in [0.1, 0.15) is 18.9 Å². The predicted octanol–water partition coefficient (Wildman–Crippen LogP) is 2.81. The maximum atomic E-state index is 11.9. The van der Waals surface area contributed by atoms with Gasteiger partial charge in [-0.3, -0.25) is 4.79 Å². The Morgan fingerprint density at radius 2 is 1.94 bits per heavy atom. The molecule has 0 heterocycles. The minimum absolute atomic E-state index is 0.0437. The molecule has 2 rings (SSSR count). The van der Waals surface area contributed by atoms with Crippen molar-refractivity contribution in [2.24, 2.45) is 5.92 Å². The van der Waals surface area contributed by atoms with Gasteiger partial charge < -0.3 is 4.90 Å². The molecular weight excluding hydrogens is 266 g/mol. The van der Waals surface area contributed by atoms with Crippen LogP contribution in [0, 0.1) is 5.92 Å². The Balaban J connectivity index is 2.18.